The fourth-order valence-corrected chi connectivity index (χ4v) is 4.89. The first-order chi connectivity index (χ1) is 20.3. The van der Waals surface area contributed by atoms with Crippen LogP contribution in [0.1, 0.15) is 96.5 Å². The van der Waals surface area contributed by atoms with E-state index in [-0.39, 0.29) is 18.3 Å². The summed E-state index contributed by atoms with van der Waals surface area (Å²) in [6.07, 6.45) is 10.5. The SMILES string of the molecule is CCCCC(C)CCC(O)CCCCCC/C=C/[C@H](C(=O)N[C@@H](Cc1ccc(O)cc1)C(=O)O)[C@@](O)(CC(=O)O)C(=O)O. The van der Waals surface area contributed by atoms with Gasteiger partial charge in [0.05, 0.1) is 18.4 Å². The highest BCUT2D eigenvalue weighted by molar-refractivity contribution is 5.94. The van der Waals surface area contributed by atoms with Crippen molar-refractivity contribution < 1.29 is 49.8 Å². The van der Waals surface area contributed by atoms with Gasteiger partial charge in [-0.25, -0.2) is 9.59 Å². The van der Waals surface area contributed by atoms with Crippen LogP contribution < -0.4 is 5.32 Å². The summed E-state index contributed by atoms with van der Waals surface area (Å²) >= 11 is 0. The minimum Gasteiger partial charge on any atom is -0.508 e. The Kier molecular flexibility index (Phi) is 17.2. The van der Waals surface area contributed by atoms with Crippen molar-refractivity contribution in [1.82, 2.24) is 5.32 Å². The van der Waals surface area contributed by atoms with Crippen LogP contribution in [0.15, 0.2) is 36.4 Å². The lowest BCUT2D eigenvalue weighted by Crippen LogP contribution is -2.55. The van der Waals surface area contributed by atoms with Crippen molar-refractivity contribution in [3.05, 3.63) is 42.0 Å². The Balaban J connectivity index is 2.77. The van der Waals surface area contributed by atoms with E-state index in [2.05, 4.69) is 19.2 Å². The zero-order chi connectivity index (χ0) is 32.4. The molecule has 1 aromatic rings. The molecule has 5 atom stereocenters. The van der Waals surface area contributed by atoms with Crippen LogP contribution in [0, 0.1) is 11.8 Å². The molecule has 0 aliphatic heterocycles. The third kappa shape index (κ3) is 14.5. The van der Waals surface area contributed by atoms with Crippen molar-refractivity contribution in [2.45, 2.75) is 115 Å². The Labute approximate surface area is 253 Å². The third-order valence-electron chi connectivity index (χ3n) is 7.61. The van der Waals surface area contributed by atoms with Gasteiger partial charge in [0.1, 0.15) is 11.8 Å². The molecule has 7 N–H and O–H groups in total. The average Bonchev–Trinajstić information content (AvgIpc) is 2.94. The number of phenolic OH excluding ortho intramolecular Hbond substituents is 1. The van der Waals surface area contributed by atoms with E-state index in [0.29, 0.717) is 30.7 Å². The number of hydrogen-bond donors (Lipinski definition) is 7. The second kappa shape index (κ2) is 19.7. The van der Waals surface area contributed by atoms with Gasteiger partial charge in [-0.1, -0.05) is 76.7 Å². The number of allylic oxidation sites excluding steroid dienone is 1. The summed E-state index contributed by atoms with van der Waals surface area (Å²) in [6.45, 7) is 4.38. The third-order valence-corrected chi connectivity index (χ3v) is 7.61. The van der Waals surface area contributed by atoms with Gasteiger partial charge in [0, 0.05) is 6.42 Å². The first kappa shape index (κ1) is 37.6. The molecule has 0 aliphatic rings. The number of amides is 1. The molecule has 0 radical (unpaired) electrons. The van der Waals surface area contributed by atoms with E-state index in [0.717, 1.165) is 38.2 Å². The Morgan fingerprint density at radius 3 is 2.14 bits per heavy atom. The maximum absolute atomic E-state index is 13.1. The van der Waals surface area contributed by atoms with Crippen molar-refractivity contribution in [2.75, 3.05) is 0 Å². The molecule has 0 fully saturated rings. The van der Waals surface area contributed by atoms with Crippen LogP contribution >= 0.6 is 0 Å². The van der Waals surface area contributed by atoms with Gasteiger partial charge in [-0.2, -0.15) is 0 Å². The lowest BCUT2D eigenvalue weighted by Gasteiger charge is -2.29. The van der Waals surface area contributed by atoms with E-state index in [1.807, 2.05) is 0 Å². The molecule has 43 heavy (non-hydrogen) atoms. The quantitative estimate of drug-likeness (QED) is 0.0695. The second-order valence-corrected chi connectivity index (χ2v) is 11.4. The minimum atomic E-state index is -3.02. The molecule has 0 saturated heterocycles. The molecule has 1 aromatic carbocycles. The van der Waals surface area contributed by atoms with Gasteiger partial charge in [-0.05, 0) is 55.7 Å². The number of unbranched alkanes of at least 4 members (excludes halogenated alkanes) is 5. The molecule has 11 heteroatoms. The number of aliphatic carboxylic acids is 3. The average molecular weight is 608 g/mol. The normalized spacial score (nSPS) is 15.7. The van der Waals surface area contributed by atoms with Gasteiger partial charge < -0.3 is 36.0 Å². The van der Waals surface area contributed by atoms with Crippen molar-refractivity contribution >= 4 is 23.8 Å². The van der Waals surface area contributed by atoms with E-state index in [4.69, 9.17) is 0 Å². The molecular weight excluding hydrogens is 558 g/mol. The van der Waals surface area contributed by atoms with Crippen molar-refractivity contribution in [3.8, 4) is 5.75 Å². The van der Waals surface area contributed by atoms with Gasteiger partial charge >= 0.3 is 17.9 Å². The van der Waals surface area contributed by atoms with E-state index < -0.39 is 47.8 Å². The highest BCUT2D eigenvalue weighted by Crippen LogP contribution is 2.26. The van der Waals surface area contributed by atoms with E-state index in [9.17, 15) is 49.8 Å². The molecule has 0 spiro atoms. The van der Waals surface area contributed by atoms with Crippen LogP contribution in [0.5, 0.6) is 5.75 Å². The molecule has 0 bridgehead atoms. The Bertz CT molecular complexity index is 1040. The van der Waals surface area contributed by atoms with Gasteiger partial charge in [-0.3, -0.25) is 9.59 Å². The maximum Gasteiger partial charge on any atom is 0.337 e. The van der Waals surface area contributed by atoms with Crippen LogP contribution in [0.25, 0.3) is 0 Å². The number of aromatic hydroxyl groups is 1. The van der Waals surface area contributed by atoms with Crippen LogP contribution in [-0.4, -0.2) is 72.2 Å². The summed E-state index contributed by atoms with van der Waals surface area (Å²) in [5.41, 5.74) is -2.55. The van der Waals surface area contributed by atoms with Gasteiger partial charge in [0.25, 0.3) is 0 Å². The van der Waals surface area contributed by atoms with Crippen molar-refractivity contribution in [1.29, 1.82) is 0 Å². The molecule has 0 saturated carbocycles. The number of carbonyl (C=O) groups is 4. The molecule has 0 aromatic heterocycles. The number of rotatable bonds is 23. The number of nitrogens with one attached hydrogen (secondary N) is 1. The molecule has 1 rings (SSSR count). The monoisotopic (exact) mass is 607 g/mol. The molecule has 0 heterocycles. The van der Waals surface area contributed by atoms with E-state index >= 15 is 0 Å². The highest BCUT2D eigenvalue weighted by Gasteiger charge is 2.49. The Hall–Kier alpha value is -3.44. The number of phenols is 1. The molecule has 0 aliphatic carbocycles. The maximum atomic E-state index is 13.1. The number of benzene rings is 1. The molecule has 11 nitrogen and oxygen atoms in total. The summed E-state index contributed by atoms with van der Waals surface area (Å²) in [6, 6.07) is 4.10. The predicted octanol–water partition coefficient (Wildman–Crippen LogP) is 4.27. The second-order valence-electron chi connectivity index (χ2n) is 11.4. The topological polar surface area (TPSA) is 202 Å². The van der Waals surface area contributed by atoms with Gasteiger partial charge in [0.15, 0.2) is 5.60 Å². The summed E-state index contributed by atoms with van der Waals surface area (Å²) in [7, 11) is 0. The number of aliphatic hydroxyl groups is 2. The largest absolute Gasteiger partial charge is 0.508 e. The van der Waals surface area contributed by atoms with Crippen LogP contribution in [0.2, 0.25) is 0 Å². The highest BCUT2D eigenvalue weighted by atomic mass is 16.4. The zero-order valence-corrected chi connectivity index (χ0v) is 25.3. The first-order valence-corrected chi connectivity index (χ1v) is 15.1. The lowest BCUT2D eigenvalue weighted by molar-refractivity contribution is -0.172. The summed E-state index contributed by atoms with van der Waals surface area (Å²) in [5, 5.41) is 61.3. The number of aliphatic hydroxyl groups excluding tert-OH is 1. The van der Waals surface area contributed by atoms with E-state index in [1.54, 1.807) is 0 Å². The molecular formula is C32H49NO10. The fraction of sp³-hybridized carbons (Fsp3) is 0.625. The number of hydrogen-bond acceptors (Lipinski definition) is 7. The van der Waals surface area contributed by atoms with E-state index in [1.165, 1.54) is 49.6 Å². The number of carboxylic acids is 3. The number of carboxylic acid groups (broad SMARTS) is 3. The van der Waals surface area contributed by atoms with Gasteiger partial charge in [0.2, 0.25) is 5.91 Å². The summed E-state index contributed by atoms with van der Waals surface area (Å²) in [5.74, 6) is -7.45. The van der Waals surface area contributed by atoms with Crippen molar-refractivity contribution in [2.24, 2.45) is 11.8 Å². The van der Waals surface area contributed by atoms with Crippen LogP contribution in [-0.2, 0) is 25.6 Å². The van der Waals surface area contributed by atoms with Crippen LogP contribution in [0.4, 0.5) is 0 Å². The smallest absolute Gasteiger partial charge is 0.337 e. The van der Waals surface area contributed by atoms with Crippen molar-refractivity contribution in [3.63, 3.8) is 0 Å². The zero-order valence-electron chi connectivity index (χ0n) is 25.3. The predicted molar refractivity (Wildman–Crippen MR) is 160 cm³/mol. The summed E-state index contributed by atoms with van der Waals surface area (Å²) < 4.78 is 0. The van der Waals surface area contributed by atoms with Crippen LogP contribution in [0.3, 0.4) is 0 Å². The minimum absolute atomic E-state index is 0.0366. The lowest BCUT2D eigenvalue weighted by atomic mass is 9.82. The first-order valence-electron chi connectivity index (χ1n) is 15.1. The number of carbonyl (C=O) groups excluding carboxylic acids is 1. The molecule has 2 unspecified atom stereocenters. The molecule has 1 amide bonds. The molecule has 242 valence electrons. The van der Waals surface area contributed by atoms with Gasteiger partial charge in [-0.15, -0.1) is 0 Å². The standard InChI is InChI=1S/C32H49NO10/c1-3-4-11-22(2)14-17-24(34)12-9-7-5-6-8-10-13-26(32(43,31(41)42)21-28(36)37)29(38)33-27(30(39)40)20-23-15-18-25(35)19-16-23/h10,13,15-16,18-19,22,24,26-27,34-35,43H,3-9,11-12,14,17,20-21H2,1-2H3,(H,33,38)(H,36,37)(H,39,40)(H,41,42)/b13-10+/t22?,24?,26-,27+,32+/m1/s1. The summed E-state index contributed by atoms with van der Waals surface area (Å²) in [4.78, 5) is 48.3. The fourth-order valence-electron chi connectivity index (χ4n) is 4.89. The Morgan fingerprint density at radius 2 is 1.56 bits per heavy atom. The Morgan fingerprint density at radius 1 is 0.907 bits per heavy atom.